The van der Waals surface area contributed by atoms with Crippen molar-refractivity contribution in [1.82, 2.24) is 4.90 Å². The van der Waals surface area contributed by atoms with Gasteiger partial charge >= 0.3 is 11.9 Å². The lowest BCUT2D eigenvalue weighted by Gasteiger charge is -2.30. The molecular formula is C19H33NO4. The number of piperidine rings is 1. The molecule has 5 heteroatoms. The van der Waals surface area contributed by atoms with Gasteiger partial charge in [-0.2, -0.15) is 0 Å². The fourth-order valence-electron chi connectivity index (χ4n) is 3.81. The Balaban J connectivity index is 2.18. The van der Waals surface area contributed by atoms with Gasteiger partial charge in [-0.15, -0.1) is 0 Å². The van der Waals surface area contributed by atoms with E-state index in [0.717, 1.165) is 0 Å². The first kappa shape index (κ1) is 19.2. The second kappa shape index (κ2) is 5.72. The number of hydrogen-bond acceptors (Lipinski definition) is 5. The number of fused-ring (bicyclic) bond motifs is 1. The van der Waals surface area contributed by atoms with Gasteiger partial charge in [0.1, 0.15) is 11.2 Å². The van der Waals surface area contributed by atoms with Gasteiger partial charge in [-0.3, -0.25) is 14.5 Å². The molecule has 4 atom stereocenters. The average molecular weight is 339 g/mol. The Labute approximate surface area is 146 Å². The average Bonchev–Trinajstić information content (AvgIpc) is 2.90. The van der Waals surface area contributed by atoms with Crippen LogP contribution in [0, 0.1) is 11.8 Å². The Morgan fingerprint density at radius 3 is 1.33 bits per heavy atom. The number of esters is 2. The molecule has 0 N–H and O–H groups in total. The summed E-state index contributed by atoms with van der Waals surface area (Å²) < 4.78 is 11.2. The van der Waals surface area contributed by atoms with Crippen LogP contribution >= 0.6 is 0 Å². The van der Waals surface area contributed by atoms with Crippen LogP contribution in [0.25, 0.3) is 0 Å². The molecule has 0 spiro atoms. The minimum atomic E-state index is -0.516. The zero-order valence-corrected chi connectivity index (χ0v) is 16.6. The second-order valence-electron chi connectivity index (χ2n) is 10.1. The number of carbonyl (C=O) groups excluding carboxylic acids is 2. The van der Waals surface area contributed by atoms with Crippen LogP contribution in [0.1, 0.15) is 68.7 Å². The highest BCUT2D eigenvalue weighted by molar-refractivity contribution is 5.81. The zero-order chi connectivity index (χ0) is 18.7. The largest absolute Gasteiger partial charge is 0.460 e. The Morgan fingerprint density at radius 1 is 0.750 bits per heavy atom. The van der Waals surface area contributed by atoms with Gasteiger partial charge in [-0.1, -0.05) is 0 Å². The molecule has 2 fully saturated rings. The highest BCUT2D eigenvalue weighted by atomic mass is 16.6. The predicted octanol–water partition coefficient (Wildman–Crippen LogP) is 3.16. The molecular weight excluding hydrogens is 306 g/mol. The number of rotatable bonds is 2. The molecule has 1 saturated carbocycles. The summed E-state index contributed by atoms with van der Waals surface area (Å²) in [6, 6.07) is 0.162. The van der Waals surface area contributed by atoms with Crippen molar-refractivity contribution in [3.8, 4) is 0 Å². The van der Waals surface area contributed by atoms with Crippen LogP contribution in [0.4, 0.5) is 0 Å². The standard InChI is InChI=1S/C19H33NO4/c1-17(2,3)20-13-11(15(21)23-18(4,5)6)10-12(14(13)20)16(22)24-19(7,8)9/h11-14H,10H2,1-9H3. The molecule has 2 aliphatic rings. The monoisotopic (exact) mass is 339 g/mol. The third kappa shape index (κ3) is 4.11. The molecule has 5 nitrogen and oxygen atoms in total. The summed E-state index contributed by atoms with van der Waals surface area (Å²) in [4.78, 5) is 27.5. The lowest BCUT2D eigenvalue weighted by Crippen LogP contribution is -2.40. The predicted molar refractivity (Wildman–Crippen MR) is 92.5 cm³/mol. The molecule has 24 heavy (non-hydrogen) atoms. The fraction of sp³-hybridized carbons (Fsp3) is 0.895. The van der Waals surface area contributed by atoms with Crippen LogP contribution < -0.4 is 0 Å². The lowest BCUT2D eigenvalue weighted by atomic mass is 9.98. The Hall–Kier alpha value is -1.10. The molecule has 0 aromatic rings. The maximum atomic E-state index is 12.6. The van der Waals surface area contributed by atoms with E-state index in [1.165, 1.54) is 0 Å². The zero-order valence-electron chi connectivity index (χ0n) is 16.6. The molecule has 1 aliphatic heterocycles. The molecule has 0 bridgehead atoms. The van der Waals surface area contributed by atoms with Crippen molar-refractivity contribution in [2.75, 3.05) is 0 Å². The van der Waals surface area contributed by atoms with Gasteiger partial charge in [0, 0.05) is 17.6 Å². The normalized spacial score (nSPS) is 33.0. The van der Waals surface area contributed by atoms with Crippen molar-refractivity contribution in [3.05, 3.63) is 0 Å². The lowest BCUT2D eigenvalue weighted by molar-refractivity contribution is -0.163. The van der Waals surface area contributed by atoms with Crippen molar-refractivity contribution in [2.24, 2.45) is 11.8 Å². The van der Waals surface area contributed by atoms with Crippen molar-refractivity contribution in [3.63, 3.8) is 0 Å². The van der Waals surface area contributed by atoms with Crippen LogP contribution in [0.5, 0.6) is 0 Å². The highest BCUT2D eigenvalue weighted by Crippen LogP contribution is 2.54. The first-order chi connectivity index (χ1) is 10.6. The highest BCUT2D eigenvalue weighted by Gasteiger charge is 2.68. The minimum absolute atomic E-state index is 0.0809. The summed E-state index contributed by atoms with van der Waals surface area (Å²) in [6.45, 7) is 17.6. The molecule has 138 valence electrons. The van der Waals surface area contributed by atoms with Gasteiger partial charge in [0.25, 0.3) is 0 Å². The maximum absolute atomic E-state index is 12.6. The molecule has 0 aromatic heterocycles. The number of nitrogens with zero attached hydrogens (tertiary/aromatic N) is 1. The fourth-order valence-corrected chi connectivity index (χ4v) is 3.81. The number of likely N-dealkylation sites (tertiary alicyclic amines) is 1. The topological polar surface area (TPSA) is 55.6 Å². The van der Waals surface area contributed by atoms with Crippen LogP contribution in [-0.4, -0.2) is 45.7 Å². The van der Waals surface area contributed by atoms with E-state index < -0.39 is 11.2 Å². The molecule has 2 rings (SSSR count). The van der Waals surface area contributed by atoms with Gasteiger partial charge in [0.2, 0.25) is 0 Å². The van der Waals surface area contributed by atoms with E-state index in [2.05, 4.69) is 25.7 Å². The summed E-state index contributed by atoms with van der Waals surface area (Å²) in [5.74, 6) is -0.914. The minimum Gasteiger partial charge on any atom is -0.460 e. The number of hydrogen-bond donors (Lipinski definition) is 0. The SMILES string of the molecule is CC(C)(C)OC(=O)C1CC(C(=O)OC(C)(C)C)C2C1N2C(C)(C)C. The van der Waals surface area contributed by atoms with Crippen molar-refractivity contribution in [2.45, 2.75) is 97.6 Å². The van der Waals surface area contributed by atoms with Gasteiger partial charge in [-0.25, -0.2) is 0 Å². The molecule has 1 heterocycles. The third-order valence-electron chi connectivity index (χ3n) is 4.43. The number of ether oxygens (including phenoxy) is 2. The first-order valence-corrected chi connectivity index (χ1v) is 8.86. The van der Waals surface area contributed by atoms with Crippen LogP contribution in [0.2, 0.25) is 0 Å². The quantitative estimate of drug-likeness (QED) is 0.571. The van der Waals surface area contributed by atoms with E-state index >= 15 is 0 Å². The van der Waals surface area contributed by atoms with Gasteiger partial charge in [-0.05, 0) is 68.7 Å². The van der Waals surface area contributed by atoms with Crippen molar-refractivity contribution < 1.29 is 19.1 Å². The molecule has 1 aliphatic carbocycles. The van der Waals surface area contributed by atoms with E-state index in [0.29, 0.717) is 6.42 Å². The Bertz CT molecular complexity index is 481. The van der Waals surface area contributed by atoms with E-state index in [4.69, 9.17) is 9.47 Å². The van der Waals surface area contributed by atoms with E-state index in [9.17, 15) is 9.59 Å². The van der Waals surface area contributed by atoms with Gasteiger partial charge in [0.05, 0.1) is 11.8 Å². The van der Waals surface area contributed by atoms with Crippen molar-refractivity contribution in [1.29, 1.82) is 0 Å². The Kier molecular flexibility index (Phi) is 4.58. The molecule has 4 unspecified atom stereocenters. The van der Waals surface area contributed by atoms with Crippen molar-refractivity contribution >= 4 is 11.9 Å². The second-order valence-corrected chi connectivity index (χ2v) is 10.1. The van der Waals surface area contributed by atoms with E-state index in [-0.39, 0.29) is 41.4 Å². The summed E-state index contributed by atoms with van der Waals surface area (Å²) in [7, 11) is 0. The van der Waals surface area contributed by atoms with Crippen LogP contribution in [0.3, 0.4) is 0 Å². The molecule has 0 aromatic carbocycles. The Morgan fingerprint density at radius 2 is 1.08 bits per heavy atom. The van der Waals surface area contributed by atoms with Crippen LogP contribution in [-0.2, 0) is 19.1 Å². The van der Waals surface area contributed by atoms with E-state index in [1.807, 2.05) is 41.5 Å². The third-order valence-corrected chi connectivity index (χ3v) is 4.43. The summed E-state index contributed by atoms with van der Waals surface area (Å²) >= 11 is 0. The van der Waals surface area contributed by atoms with Crippen LogP contribution in [0.15, 0.2) is 0 Å². The van der Waals surface area contributed by atoms with Gasteiger partial charge < -0.3 is 9.47 Å². The number of carbonyl (C=O) groups is 2. The molecule has 0 amide bonds. The smallest absolute Gasteiger partial charge is 0.311 e. The molecule has 0 radical (unpaired) electrons. The summed E-state index contributed by atoms with van der Waals surface area (Å²) in [5.41, 5.74) is -1.12. The summed E-state index contributed by atoms with van der Waals surface area (Å²) in [6.07, 6.45) is 0.520. The maximum Gasteiger partial charge on any atom is 0.311 e. The first-order valence-electron chi connectivity index (χ1n) is 8.86. The van der Waals surface area contributed by atoms with E-state index in [1.54, 1.807) is 0 Å². The summed E-state index contributed by atoms with van der Waals surface area (Å²) in [5, 5.41) is 0. The van der Waals surface area contributed by atoms with Gasteiger partial charge in [0.15, 0.2) is 0 Å². The molecule has 1 saturated heterocycles.